The number of nitrogens with one attached hydrogen (secondary N) is 1. The van der Waals surface area contributed by atoms with E-state index in [0.29, 0.717) is 12.5 Å². The first-order chi connectivity index (χ1) is 7.09. The van der Waals surface area contributed by atoms with Crippen molar-refractivity contribution >= 4 is 0 Å². The quantitative estimate of drug-likeness (QED) is 0.693. The van der Waals surface area contributed by atoms with Crippen molar-refractivity contribution in [2.75, 3.05) is 6.54 Å². The summed E-state index contributed by atoms with van der Waals surface area (Å²) >= 11 is 0. The summed E-state index contributed by atoms with van der Waals surface area (Å²) in [5, 5.41) is 22.1. The van der Waals surface area contributed by atoms with Gasteiger partial charge >= 0.3 is 0 Å². The number of phenolic OH excluding ortho intramolecular Hbond substituents is 1. The van der Waals surface area contributed by atoms with Gasteiger partial charge in [-0.25, -0.2) is 0 Å². The highest BCUT2D eigenvalue weighted by molar-refractivity contribution is 5.27. The second kappa shape index (κ2) is 5.73. The van der Waals surface area contributed by atoms with Crippen molar-refractivity contribution in [2.45, 2.75) is 32.4 Å². The molecule has 0 aliphatic heterocycles. The Bertz CT molecular complexity index is 282. The largest absolute Gasteiger partial charge is 0.508 e. The fourth-order valence-corrected chi connectivity index (χ4v) is 1.37. The molecule has 0 saturated heterocycles. The van der Waals surface area contributed by atoms with Crippen molar-refractivity contribution in [3.8, 4) is 5.75 Å². The van der Waals surface area contributed by atoms with Gasteiger partial charge in [0.1, 0.15) is 5.75 Å². The van der Waals surface area contributed by atoms with E-state index in [1.54, 1.807) is 24.3 Å². The molecule has 0 fully saturated rings. The maximum absolute atomic E-state index is 9.80. The molecular formula is C12H19NO2. The Morgan fingerprint density at radius 3 is 2.33 bits per heavy atom. The summed E-state index contributed by atoms with van der Waals surface area (Å²) in [6.07, 6.45) is 0.222. The van der Waals surface area contributed by atoms with E-state index in [0.717, 1.165) is 12.1 Å². The van der Waals surface area contributed by atoms with Gasteiger partial charge in [0, 0.05) is 6.04 Å². The van der Waals surface area contributed by atoms with Gasteiger partial charge in [0.05, 0.1) is 6.10 Å². The van der Waals surface area contributed by atoms with Crippen LogP contribution in [0.3, 0.4) is 0 Å². The third kappa shape index (κ3) is 4.32. The van der Waals surface area contributed by atoms with Gasteiger partial charge in [-0.2, -0.15) is 0 Å². The summed E-state index contributed by atoms with van der Waals surface area (Å²) in [5.74, 6) is 0.228. The predicted molar refractivity (Wildman–Crippen MR) is 60.8 cm³/mol. The molecule has 0 spiro atoms. The monoisotopic (exact) mass is 209 g/mol. The number of hydrogen-bond acceptors (Lipinski definition) is 3. The van der Waals surface area contributed by atoms with Crippen LogP contribution in [0.4, 0.5) is 0 Å². The third-order valence-electron chi connectivity index (χ3n) is 2.25. The van der Waals surface area contributed by atoms with Crippen molar-refractivity contribution in [1.29, 1.82) is 0 Å². The summed E-state index contributed by atoms with van der Waals surface area (Å²) in [5.41, 5.74) is 0.846. The molecule has 0 heterocycles. The topological polar surface area (TPSA) is 52.5 Å². The van der Waals surface area contributed by atoms with Gasteiger partial charge in [-0.15, -0.1) is 0 Å². The first-order valence-electron chi connectivity index (χ1n) is 5.30. The molecule has 0 bridgehead atoms. The van der Waals surface area contributed by atoms with E-state index in [1.807, 2.05) is 0 Å². The van der Waals surface area contributed by atoms with Gasteiger partial charge in [-0.05, 0) is 30.7 Å². The lowest BCUT2D eigenvalue weighted by Gasteiger charge is -2.13. The average molecular weight is 209 g/mol. The lowest BCUT2D eigenvalue weighted by atomic mass is 10.1. The molecule has 0 aliphatic rings. The van der Waals surface area contributed by atoms with Crippen LogP contribution in [0, 0.1) is 0 Å². The lowest BCUT2D eigenvalue weighted by molar-refractivity contribution is 0.166. The second-order valence-corrected chi connectivity index (χ2v) is 4.00. The molecule has 1 rings (SSSR count). The Hall–Kier alpha value is -1.06. The van der Waals surface area contributed by atoms with E-state index in [4.69, 9.17) is 5.11 Å². The number of aromatic hydroxyl groups is 1. The molecule has 1 aromatic carbocycles. The molecule has 3 heteroatoms. The van der Waals surface area contributed by atoms with Crippen LogP contribution in [-0.2, 0) is 0 Å². The molecule has 3 N–H and O–H groups in total. The smallest absolute Gasteiger partial charge is 0.115 e. The minimum absolute atomic E-state index is 0.228. The van der Waals surface area contributed by atoms with Gasteiger partial charge in [0.15, 0.2) is 0 Å². The van der Waals surface area contributed by atoms with Crippen LogP contribution >= 0.6 is 0 Å². The first kappa shape index (κ1) is 12.0. The zero-order chi connectivity index (χ0) is 11.3. The predicted octanol–water partition coefficient (Wildman–Crippen LogP) is 1.81. The third-order valence-corrected chi connectivity index (χ3v) is 2.25. The highest BCUT2D eigenvalue weighted by Gasteiger charge is 2.06. The van der Waals surface area contributed by atoms with Crippen LogP contribution < -0.4 is 5.32 Å². The van der Waals surface area contributed by atoms with Crippen LogP contribution in [0.25, 0.3) is 0 Å². The second-order valence-electron chi connectivity index (χ2n) is 4.00. The van der Waals surface area contributed by atoms with E-state index in [1.165, 1.54) is 0 Å². The fraction of sp³-hybridized carbons (Fsp3) is 0.500. The maximum Gasteiger partial charge on any atom is 0.115 e. The number of aliphatic hydroxyl groups is 1. The summed E-state index contributed by atoms with van der Waals surface area (Å²) in [4.78, 5) is 0. The summed E-state index contributed by atoms with van der Waals surface area (Å²) in [7, 11) is 0. The van der Waals surface area contributed by atoms with Crippen molar-refractivity contribution in [3.05, 3.63) is 29.8 Å². The Morgan fingerprint density at radius 1 is 1.20 bits per heavy atom. The first-order valence-corrected chi connectivity index (χ1v) is 5.30. The SMILES string of the molecule is CC(C)NCCC(O)c1ccc(O)cc1. The zero-order valence-electron chi connectivity index (χ0n) is 9.27. The van der Waals surface area contributed by atoms with Gasteiger partial charge in [0.2, 0.25) is 0 Å². The molecule has 3 nitrogen and oxygen atoms in total. The van der Waals surface area contributed by atoms with Gasteiger partial charge in [0.25, 0.3) is 0 Å². The van der Waals surface area contributed by atoms with Crippen molar-refractivity contribution in [3.63, 3.8) is 0 Å². The summed E-state index contributed by atoms with van der Waals surface area (Å²) in [6.45, 7) is 4.94. The summed E-state index contributed by atoms with van der Waals surface area (Å²) in [6, 6.07) is 7.12. The minimum Gasteiger partial charge on any atom is -0.508 e. The minimum atomic E-state index is -0.461. The number of hydrogen-bond donors (Lipinski definition) is 3. The highest BCUT2D eigenvalue weighted by atomic mass is 16.3. The fourth-order valence-electron chi connectivity index (χ4n) is 1.37. The van der Waals surface area contributed by atoms with E-state index >= 15 is 0 Å². The van der Waals surface area contributed by atoms with E-state index in [9.17, 15) is 5.11 Å². The number of phenols is 1. The molecule has 1 aromatic rings. The molecule has 0 saturated carbocycles. The van der Waals surface area contributed by atoms with Crippen molar-refractivity contribution in [1.82, 2.24) is 5.32 Å². The molecule has 0 amide bonds. The van der Waals surface area contributed by atoms with E-state index in [2.05, 4.69) is 19.2 Å². The van der Waals surface area contributed by atoms with Crippen LogP contribution in [0.15, 0.2) is 24.3 Å². The molecule has 1 atom stereocenters. The Morgan fingerprint density at radius 2 is 1.80 bits per heavy atom. The molecule has 84 valence electrons. The van der Waals surface area contributed by atoms with Crippen molar-refractivity contribution < 1.29 is 10.2 Å². The van der Waals surface area contributed by atoms with Gasteiger partial charge in [-0.3, -0.25) is 0 Å². The number of benzene rings is 1. The number of aliphatic hydroxyl groups excluding tert-OH is 1. The molecule has 1 unspecified atom stereocenters. The van der Waals surface area contributed by atoms with E-state index in [-0.39, 0.29) is 5.75 Å². The Kier molecular flexibility index (Phi) is 4.59. The van der Waals surface area contributed by atoms with Crippen LogP contribution in [0.2, 0.25) is 0 Å². The molecular weight excluding hydrogens is 190 g/mol. The maximum atomic E-state index is 9.80. The molecule has 0 radical (unpaired) electrons. The Balaban J connectivity index is 2.40. The standard InChI is InChI=1S/C12H19NO2/c1-9(2)13-8-7-12(15)10-3-5-11(14)6-4-10/h3-6,9,12-15H,7-8H2,1-2H3. The summed E-state index contributed by atoms with van der Waals surface area (Å²) < 4.78 is 0. The average Bonchev–Trinajstić information content (AvgIpc) is 2.18. The Labute approximate surface area is 90.8 Å². The number of rotatable bonds is 5. The zero-order valence-corrected chi connectivity index (χ0v) is 9.27. The van der Waals surface area contributed by atoms with Gasteiger partial charge < -0.3 is 15.5 Å². The van der Waals surface area contributed by atoms with Crippen LogP contribution in [-0.4, -0.2) is 22.8 Å². The van der Waals surface area contributed by atoms with Crippen molar-refractivity contribution in [2.24, 2.45) is 0 Å². The lowest BCUT2D eigenvalue weighted by Crippen LogP contribution is -2.24. The van der Waals surface area contributed by atoms with Gasteiger partial charge in [-0.1, -0.05) is 26.0 Å². The molecule has 15 heavy (non-hydrogen) atoms. The normalized spacial score (nSPS) is 13.1. The van der Waals surface area contributed by atoms with Crippen LogP contribution in [0.5, 0.6) is 5.75 Å². The molecule has 0 aromatic heterocycles. The highest BCUT2D eigenvalue weighted by Crippen LogP contribution is 2.18. The van der Waals surface area contributed by atoms with E-state index < -0.39 is 6.10 Å². The molecule has 0 aliphatic carbocycles. The van der Waals surface area contributed by atoms with Crippen LogP contribution in [0.1, 0.15) is 31.9 Å².